The van der Waals surface area contributed by atoms with Crippen LogP contribution in [0.1, 0.15) is 16.7 Å². The first-order valence-corrected chi connectivity index (χ1v) is 5.67. The van der Waals surface area contributed by atoms with E-state index in [4.69, 9.17) is 0 Å². The Morgan fingerprint density at radius 1 is 0.938 bits per heavy atom. The van der Waals surface area contributed by atoms with Crippen LogP contribution in [0, 0.1) is 0 Å². The lowest BCUT2D eigenvalue weighted by molar-refractivity contribution is -0.137. The Hall–Kier alpha value is -1.29. The molecule has 0 aliphatic rings. The third-order valence-corrected chi connectivity index (χ3v) is 3.00. The minimum atomic E-state index is -4.25. The van der Waals surface area contributed by atoms with E-state index in [1.54, 1.807) is 11.3 Å². The summed E-state index contributed by atoms with van der Waals surface area (Å²) >= 11 is 1.59. The molecule has 0 saturated carbocycles. The van der Waals surface area contributed by atoms with E-state index >= 15 is 0 Å². The summed E-state index contributed by atoms with van der Waals surface area (Å²) in [5.41, 5.74) is 1.43. The molecule has 0 amide bonds. The van der Waals surface area contributed by atoms with E-state index in [1.807, 2.05) is 16.8 Å². The summed E-state index contributed by atoms with van der Waals surface area (Å²) in [5.74, 6) is 0. The standard InChI is InChI=1S/C12H9F3S/c13-12(14,15)11-3-1-9(2-4-11)7-10-5-6-16-8-10/h1-6,8H,7H2. The monoisotopic (exact) mass is 242 g/mol. The average molecular weight is 242 g/mol. The molecule has 0 N–H and O–H groups in total. The minimum absolute atomic E-state index is 0.596. The Morgan fingerprint density at radius 3 is 2.12 bits per heavy atom. The van der Waals surface area contributed by atoms with Gasteiger partial charge in [-0.3, -0.25) is 0 Å². The van der Waals surface area contributed by atoms with Gasteiger partial charge in [-0.05, 0) is 46.5 Å². The quantitative estimate of drug-likeness (QED) is 0.734. The largest absolute Gasteiger partial charge is 0.416 e. The second kappa shape index (κ2) is 4.29. The molecule has 0 aliphatic carbocycles. The van der Waals surface area contributed by atoms with Gasteiger partial charge in [-0.25, -0.2) is 0 Å². The molecule has 2 rings (SSSR count). The van der Waals surface area contributed by atoms with Gasteiger partial charge in [0, 0.05) is 0 Å². The SMILES string of the molecule is FC(F)(F)c1ccc(Cc2ccsc2)cc1. The van der Waals surface area contributed by atoms with Crippen LogP contribution in [0.25, 0.3) is 0 Å². The predicted molar refractivity (Wildman–Crippen MR) is 58.6 cm³/mol. The summed E-state index contributed by atoms with van der Waals surface area (Å²) in [4.78, 5) is 0. The summed E-state index contributed by atoms with van der Waals surface area (Å²) in [7, 11) is 0. The van der Waals surface area contributed by atoms with Gasteiger partial charge < -0.3 is 0 Å². The third-order valence-electron chi connectivity index (χ3n) is 2.27. The van der Waals surface area contributed by atoms with Crippen LogP contribution in [0.3, 0.4) is 0 Å². The van der Waals surface area contributed by atoms with E-state index in [0.29, 0.717) is 6.42 Å². The fourth-order valence-electron chi connectivity index (χ4n) is 1.44. The summed E-state index contributed by atoms with van der Waals surface area (Å²) in [6.07, 6.45) is -3.57. The van der Waals surface area contributed by atoms with Crippen LogP contribution in [0.4, 0.5) is 13.2 Å². The maximum atomic E-state index is 12.3. The van der Waals surface area contributed by atoms with E-state index in [9.17, 15) is 13.2 Å². The fourth-order valence-corrected chi connectivity index (χ4v) is 2.11. The van der Waals surface area contributed by atoms with E-state index in [2.05, 4.69) is 0 Å². The molecule has 2 aromatic rings. The molecular formula is C12H9F3S. The molecule has 0 radical (unpaired) electrons. The highest BCUT2D eigenvalue weighted by Gasteiger charge is 2.29. The van der Waals surface area contributed by atoms with Crippen molar-refractivity contribution in [3.05, 3.63) is 57.8 Å². The van der Waals surface area contributed by atoms with Crippen molar-refractivity contribution in [1.82, 2.24) is 0 Å². The van der Waals surface area contributed by atoms with Crippen molar-refractivity contribution in [2.24, 2.45) is 0 Å². The van der Waals surface area contributed by atoms with Crippen molar-refractivity contribution in [1.29, 1.82) is 0 Å². The Bertz CT molecular complexity index is 440. The van der Waals surface area contributed by atoms with Crippen molar-refractivity contribution < 1.29 is 13.2 Å². The lowest BCUT2D eigenvalue weighted by Crippen LogP contribution is -2.04. The normalized spacial score (nSPS) is 11.7. The molecule has 0 nitrogen and oxygen atoms in total. The van der Waals surface area contributed by atoms with Crippen LogP contribution in [-0.4, -0.2) is 0 Å². The number of rotatable bonds is 2. The predicted octanol–water partition coefficient (Wildman–Crippen LogP) is 4.36. The van der Waals surface area contributed by atoms with Crippen LogP contribution in [-0.2, 0) is 12.6 Å². The van der Waals surface area contributed by atoms with E-state index in [1.165, 1.54) is 12.1 Å². The lowest BCUT2D eigenvalue weighted by atomic mass is 10.1. The van der Waals surface area contributed by atoms with Crippen molar-refractivity contribution in [3.63, 3.8) is 0 Å². The summed E-state index contributed by atoms with van der Waals surface area (Å²) < 4.78 is 36.9. The number of thiophene rings is 1. The molecule has 1 heterocycles. The zero-order valence-corrected chi connectivity index (χ0v) is 9.11. The number of alkyl halides is 3. The second-order valence-electron chi connectivity index (χ2n) is 3.50. The van der Waals surface area contributed by atoms with E-state index in [-0.39, 0.29) is 0 Å². The molecule has 0 unspecified atom stereocenters. The van der Waals surface area contributed by atoms with Gasteiger partial charge >= 0.3 is 6.18 Å². The summed E-state index contributed by atoms with van der Waals surface area (Å²) in [6.45, 7) is 0. The number of hydrogen-bond acceptors (Lipinski definition) is 1. The smallest absolute Gasteiger partial charge is 0.166 e. The van der Waals surface area contributed by atoms with Gasteiger partial charge in [0.2, 0.25) is 0 Å². The highest BCUT2D eigenvalue weighted by atomic mass is 32.1. The minimum Gasteiger partial charge on any atom is -0.166 e. The second-order valence-corrected chi connectivity index (χ2v) is 4.28. The maximum Gasteiger partial charge on any atom is 0.416 e. The summed E-state index contributed by atoms with van der Waals surface area (Å²) in [5, 5.41) is 3.96. The molecule has 0 aliphatic heterocycles. The molecule has 1 aromatic carbocycles. The van der Waals surface area contributed by atoms with Gasteiger partial charge in [0.1, 0.15) is 0 Å². The van der Waals surface area contributed by atoms with Gasteiger partial charge in [-0.1, -0.05) is 12.1 Å². The molecule has 84 valence electrons. The number of benzene rings is 1. The molecular weight excluding hydrogens is 233 g/mol. The molecule has 0 atom stereocenters. The lowest BCUT2D eigenvalue weighted by Gasteiger charge is -2.07. The van der Waals surface area contributed by atoms with Crippen LogP contribution in [0.5, 0.6) is 0 Å². The first-order chi connectivity index (χ1) is 7.55. The molecule has 0 fully saturated rings. The molecule has 4 heteroatoms. The highest BCUT2D eigenvalue weighted by Crippen LogP contribution is 2.29. The Kier molecular flexibility index (Phi) is 3.01. The van der Waals surface area contributed by atoms with Crippen LogP contribution in [0.2, 0.25) is 0 Å². The van der Waals surface area contributed by atoms with Gasteiger partial charge in [0.05, 0.1) is 5.56 Å². The van der Waals surface area contributed by atoms with Crippen molar-refractivity contribution >= 4 is 11.3 Å². The van der Waals surface area contributed by atoms with Gasteiger partial charge in [-0.15, -0.1) is 0 Å². The van der Waals surface area contributed by atoms with Crippen LogP contribution >= 0.6 is 11.3 Å². The summed E-state index contributed by atoms with van der Waals surface area (Å²) in [6, 6.07) is 7.28. The van der Waals surface area contributed by atoms with Crippen LogP contribution < -0.4 is 0 Å². The van der Waals surface area contributed by atoms with Gasteiger partial charge in [0.15, 0.2) is 0 Å². The van der Waals surface area contributed by atoms with Gasteiger partial charge in [0.25, 0.3) is 0 Å². The van der Waals surface area contributed by atoms with E-state index in [0.717, 1.165) is 23.3 Å². The molecule has 16 heavy (non-hydrogen) atoms. The Morgan fingerprint density at radius 2 is 1.62 bits per heavy atom. The van der Waals surface area contributed by atoms with Crippen molar-refractivity contribution in [3.8, 4) is 0 Å². The third kappa shape index (κ3) is 2.64. The van der Waals surface area contributed by atoms with Crippen molar-refractivity contribution in [2.75, 3.05) is 0 Å². The Labute approximate surface area is 95.4 Å². The molecule has 0 bridgehead atoms. The van der Waals surface area contributed by atoms with Gasteiger partial charge in [-0.2, -0.15) is 24.5 Å². The highest BCUT2D eigenvalue weighted by molar-refractivity contribution is 7.07. The molecule has 1 aromatic heterocycles. The zero-order valence-electron chi connectivity index (χ0n) is 8.29. The molecule has 0 spiro atoms. The average Bonchev–Trinajstić information content (AvgIpc) is 2.70. The van der Waals surface area contributed by atoms with Crippen LogP contribution in [0.15, 0.2) is 41.1 Å². The topological polar surface area (TPSA) is 0 Å². The van der Waals surface area contributed by atoms with E-state index < -0.39 is 11.7 Å². The first kappa shape index (κ1) is 11.2. The number of halogens is 3. The first-order valence-electron chi connectivity index (χ1n) is 4.73. The van der Waals surface area contributed by atoms with Crippen molar-refractivity contribution in [2.45, 2.75) is 12.6 Å². The maximum absolute atomic E-state index is 12.3. The zero-order chi connectivity index (χ0) is 11.6. The Balaban J connectivity index is 2.14. The number of hydrogen-bond donors (Lipinski definition) is 0. The fraction of sp³-hybridized carbons (Fsp3) is 0.167. The molecule has 0 saturated heterocycles.